The van der Waals surface area contributed by atoms with Gasteiger partial charge in [-0.15, -0.1) is 6.58 Å². The van der Waals surface area contributed by atoms with Crippen LogP contribution in [0.1, 0.15) is 27.2 Å². The molecule has 1 fully saturated rings. The van der Waals surface area contributed by atoms with Crippen molar-refractivity contribution in [2.24, 2.45) is 0 Å². The Hall–Kier alpha value is -0.670. The summed E-state index contributed by atoms with van der Waals surface area (Å²) < 4.78 is 5.53. The number of hydrogen-bond acceptors (Lipinski definition) is 3. The van der Waals surface area contributed by atoms with E-state index in [2.05, 4.69) is 11.9 Å². The quantitative estimate of drug-likeness (QED) is 0.669. The summed E-state index contributed by atoms with van der Waals surface area (Å²) in [5.74, 6) is 0.0120. The van der Waals surface area contributed by atoms with E-state index in [1.807, 2.05) is 13.8 Å². The molecule has 0 amide bonds. The second kappa shape index (κ2) is 3.24. The summed E-state index contributed by atoms with van der Waals surface area (Å²) >= 11 is 0. The molecule has 1 aliphatic rings. The van der Waals surface area contributed by atoms with Crippen molar-refractivity contribution in [1.29, 1.82) is 0 Å². The van der Waals surface area contributed by atoms with E-state index in [1.54, 1.807) is 6.08 Å². The maximum Gasteiger partial charge on any atom is 0.182 e. The van der Waals surface area contributed by atoms with Gasteiger partial charge in [-0.25, -0.2) is 0 Å². The molecule has 0 saturated carbocycles. The molecule has 0 spiro atoms. The first-order chi connectivity index (χ1) is 5.92. The molecule has 1 atom stereocenters. The third-order valence-electron chi connectivity index (χ3n) is 2.22. The fourth-order valence-corrected chi connectivity index (χ4v) is 1.57. The van der Waals surface area contributed by atoms with Gasteiger partial charge in [-0.2, -0.15) is 0 Å². The molecule has 0 aromatic carbocycles. The molecule has 0 aliphatic carbocycles. The number of carbonyl (C=O) groups is 1. The molecular formula is C10H17NO2. The second-order valence-electron chi connectivity index (χ2n) is 4.17. The van der Waals surface area contributed by atoms with Gasteiger partial charge in [0.25, 0.3) is 0 Å². The highest BCUT2D eigenvalue weighted by atomic mass is 16.5. The van der Waals surface area contributed by atoms with Crippen LogP contribution in [0.2, 0.25) is 0 Å². The largest absolute Gasteiger partial charge is 0.351 e. The average molecular weight is 183 g/mol. The first-order valence-electron chi connectivity index (χ1n) is 4.47. The fraction of sp³-hybridized carbons (Fsp3) is 0.700. The lowest BCUT2D eigenvalue weighted by Gasteiger charge is -2.26. The van der Waals surface area contributed by atoms with Crippen molar-refractivity contribution in [2.45, 2.75) is 38.5 Å². The zero-order valence-corrected chi connectivity index (χ0v) is 8.52. The van der Waals surface area contributed by atoms with Gasteiger partial charge < -0.3 is 4.74 Å². The van der Waals surface area contributed by atoms with Crippen molar-refractivity contribution >= 4 is 5.78 Å². The SMILES string of the molecule is C=CCC1(C(C)=O)NC(C)(C)CO1. The summed E-state index contributed by atoms with van der Waals surface area (Å²) in [5.41, 5.74) is -0.958. The Morgan fingerprint density at radius 2 is 2.31 bits per heavy atom. The Kier molecular flexibility index (Phi) is 2.59. The van der Waals surface area contributed by atoms with Crippen molar-refractivity contribution in [2.75, 3.05) is 6.61 Å². The van der Waals surface area contributed by atoms with Gasteiger partial charge in [0, 0.05) is 12.0 Å². The number of ketones is 1. The smallest absolute Gasteiger partial charge is 0.182 e. The van der Waals surface area contributed by atoms with Crippen LogP contribution >= 0.6 is 0 Å². The van der Waals surface area contributed by atoms with Crippen LogP contribution in [0.25, 0.3) is 0 Å². The van der Waals surface area contributed by atoms with Crippen LogP contribution in [0.3, 0.4) is 0 Å². The van der Waals surface area contributed by atoms with Crippen LogP contribution in [-0.2, 0) is 9.53 Å². The van der Waals surface area contributed by atoms with Gasteiger partial charge in [-0.05, 0) is 20.8 Å². The van der Waals surface area contributed by atoms with E-state index in [0.29, 0.717) is 13.0 Å². The normalized spacial score (nSPS) is 31.6. The lowest BCUT2D eigenvalue weighted by molar-refractivity contribution is -0.138. The molecule has 3 nitrogen and oxygen atoms in total. The van der Waals surface area contributed by atoms with Gasteiger partial charge >= 0.3 is 0 Å². The highest BCUT2D eigenvalue weighted by Crippen LogP contribution is 2.27. The Labute approximate surface area is 79.2 Å². The monoisotopic (exact) mass is 183 g/mol. The van der Waals surface area contributed by atoms with E-state index < -0.39 is 5.72 Å². The predicted octanol–water partition coefficient (Wildman–Crippen LogP) is 1.25. The summed E-state index contributed by atoms with van der Waals surface area (Å²) in [4.78, 5) is 11.4. The molecule has 1 rings (SSSR count). The Bertz CT molecular complexity index is 235. The van der Waals surface area contributed by atoms with Gasteiger partial charge in [-0.1, -0.05) is 6.08 Å². The minimum absolute atomic E-state index is 0.0120. The first-order valence-corrected chi connectivity index (χ1v) is 4.47. The molecule has 1 N–H and O–H groups in total. The lowest BCUT2D eigenvalue weighted by atomic mass is 10.0. The molecule has 13 heavy (non-hydrogen) atoms. The van der Waals surface area contributed by atoms with Crippen molar-refractivity contribution in [1.82, 2.24) is 5.32 Å². The number of nitrogens with one attached hydrogen (secondary N) is 1. The minimum Gasteiger partial charge on any atom is -0.351 e. The number of carbonyl (C=O) groups excluding carboxylic acids is 1. The summed E-state index contributed by atoms with van der Waals surface area (Å²) in [6.45, 7) is 9.75. The fourth-order valence-electron chi connectivity index (χ4n) is 1.57. The van der Waals surface area contributed by atoms with E-state index in [4.69, 9.17) is 4.74 Å². The van der Waals surface area contributed by atoms with Crippen LogP contribution in [0.5, 0.6) is 0 Å². The van der Waals surface area contributed by atoms with Crippen LogP contribution in [0.15, 0.2) is 12.7 Å². The molecule has 3 heteroatoms. The van der Waals surface area contributed by atoms with E-state index in [-0.39, 0.29) is 11.3 Å². The third-order valence-corrected chi connectivity index (χ3v) is 2.22. The topological polar surface area (TPSA) is 38.3 Å². The molecule has 0 aromatic heterocycles. The Morgan fingerprint density at radius 3 is 2.62 bits per heavy atom. The highest BCUT2D eigenvalue weighted by Gasteiger charge is 2.46. The average Bonchev–Trinajstić information content (AvgIpc) is 2.28. The minimum atomic E-state index is -0.828. The van der Waals surface area contributed by atoms with Crippen LogP contribution < -0.4 is 5.32 Å². The number of hydrogen-bond donors (Lipinski definition) is 1. The summed E-state index contributed by atoms with van der Waals surface area (Å²) in [6.07, 6.45) is 2.22. The molecule has 1 unspecified atom stereocenters. The van der Waals surface area contributed by atoms with Crippen LogP contribution in [0, 0.1) is 0 Å². The molecule has 1 aliphatic heterocycles. The van der Waals surface area contributed by atoms with E-state index in [1.165, 1.54) is 6.92 Å². The first kappa shape index (κ1) is 10.4. The van der Waals surface area contributed by atoms with Gasteiger partial charge in [0.2, 0.25) is 0 Å². The number of ether oxygens (including phenoxy) is 1. The second-order valence-corrected chi connectivity index (χ2v) is 4.17. The lowest BCUT2D eigenvalue weighted by Crippen LogP contribution is -2.52. The predicted molar refractivity (Wildman–Crippen MR) is 51.4 cm³/mol. The van der Waals surface area contributed by atoms with E-state index in [0.717, 1.165) is 0 Å². The molecule has 1 heterocycles. The van der Waals surface area contributed by atoms with E-state index >= 15 is 0 Å². The molecule has 0 radical (unpaired) electrons. The highest BCUT2D eigenvalue weighted by molar-refractivity contribution is 5.85. The van der Waals surface area contributed by atoms with Crippen molar-refractivity contribution in [3.63, 3.8) is 0 Å². The summed E-state index contributed by atoms with van der Waals surface area (Å²) in [7, 11) is 0. The zero-order chi connectivity index (χ0) is 10.1. The Morgan fingerprint density at radius 1 is 1.69 bits per heavy atom. The summed E-state index contributed by atoms with van der Waals surface area (Å²) in [6, 6.07) is 0. The van der Waals surface area contributed by atoms with E-state index in [9.17, 15) is 4.79 Å². The third kappa shape index (κ3) is 1.98. The molecular weight excluding hydrogens is 166 g/mol. The van der Waals surface area contributed by atoms with Crippen LogP contribution in [0.4, 0.5) is 0 Å². The van der Waals surface area contributed by atoms with Gasteiger partial charge in [0.1, 0.15) is 0 Å². The zero-order valence-electron chi connectivity index (χ0n) is 8.52. The molecule has 0 aromatic rings. The molecule has 0 bridgehead atoms. The number of rotatable bonds is 3. The van der Waals surface area contributed by atoms with Crippen LogP contribution in [-0.4, -0.2) is 23.7 Å². The summed E-state index contributed by atoms with van der Waals surface area (Å²) in [5, 5.41) is 3.20. The van der Waals surface area contributed by atoms with Gasteiger partial charge in [0.05, 0.1) is 6.61 Å². The molecule has 74 valence electrons. The van der Waals surface area contributed by atoms with Crippen molar-refractivity contribution in [3.8, 4) is 0 Å². The van der Waals surface area contributed by atoms with Gasteiger partial charge in [0.15, 0.2) is 11.5 Å². The maximum absolute atomic E-state index is 11.4. The molecule has 1 saturated heterocycles. The Balaban J connectivity index is 2.83. The van der Waals surface area contributed by atoms with Crippen molar-refractivity contribution < 1.29 is 9.53 Å². The van der Waals surface area contributed by atoms with Gasteiger partial charge in [-0.3, -0.25) is 10.1 Å². The standard InChI is InChI=1S/C10H17NO2/c1-5-6-10(8(2)12)11-9(3,4)7-13-10/h5,11H,1,6-7H2,2-4H3. The maximum atomic E-state index is 11.4. The van der Waals surface area contributed by atoms with Crippen molar-refractivity contribution in [3.05, 3.63) is 12.7 Å². The number of Topliss-reactive ketones (excluding diaryl/α,β-unsaturated/α-hetero) is 1.